The van der Waals surface area contributed by atoms with Crippen molar-refractivity contribution in [3.05, 3.63) is 23.8 Å². The Kier molecular flexibility index (Phi) is 4.51. The molecule has 2 heteroatoms. The molecule has 0 aliphatic heterocycles. The maximum Gasteiger partial charge on any atom is 0.115 e. The normalized spacial score (nSPS) is 23.9. The number of aryl methyl sites for hydroxylation is 1. The van der Waals surface area contributed by atoms with Crippen LogP contribution in [0.4, 0.5) is 5.69 Å². The van der Waals surface area contributed by atoms with E-state index >= 15 is 0 Å². The van der Waals surface area contributed by atoms with Crippen molar-refractivity contribution < 1.29 is 5.11 Å². The van der Waals surface area contributed by atoms with Gasteiger partial charge in [-0.1, -0.05) is 19.8 Å². The second-order valence-electron chi connectivity index (χ2n) is 5.65. The van der Waals surface area contributed by atoms with Crippen LogP contribution < -0.4 is 5.32 Å². The zero-order chi connectivity index (χ0) is 13.0. The third kappa shape index (κ3) is 3.41. The van der Waals surface area contributed by atoms with Crippen molar-refractivity contribution in [3.63, 3.8) is 0 Å². The number of nitrogens with one attached hydrogen (secondary N) is 1. The highest BCUT2D eigenvalue weighted by Crippen LogP contribution is 2.30. The van der Waals surface area contributed by atoms with Crippen LogP contribution in [0.15, 0.2) is 18.2 Å². The van der Waals surface area contributed by atoms with Crippen LogP contribution in [-0.2, 0) is 0 Å². The average Bonchev–Trinajstić information content (AvgIpc) is 2.35. The van der Waals surface area contributed by atoms with Crippen LogP contribution in [-0.4, -0.2) is 11.1 Å². The number of hydrogen-bond acceptors (Lipinski definition) is 2. The second-order valence-corrected chi connectivity index (χ2v) is 5.65. The summed E-state index contributed by atoms with van der Waals surface area (Å²) in [5.74, 6) is 1.30. The molecule has 1 saturated carbocycles. The summed E-state index contributed by atoms with van der Waals surface area (Å²) in [5, 5.41) is 13.0. The monoisotopic (exact) mass is 247 g/mol. The molecule has 0 radical (unpaired) electrons. The average molecular weight is 247 g/mol. The van der Waals surface area contributed by atoms with E-state index in [1.165, 1.54) is 44.2 Å². The fourth-order valence-corrected chi connectivity index (χ4v) is 3.03. The minimum Gasteiger partial charge on any atom is -0.508 e. The smallest absolute Gasteiger partial charge is 0.115 e. The molecule has 0 unspecified atom stereocenters. The molecule has 1 fully saturated rings. The van der Waals surface area contributed by atoms with Gasteiger partial charge in [0.1, 0.15) is 5.75 Å². The maximum absolute atomic E-state index is 9.41. The summed E-state index contributed by atoms with van der Waals surface area (Å²) >= 11 is 0. The van der Waals surface area contributed by atoms with E-state index in [0.717, 1.165) is 11.5 Å². The van der Waals surface area contributed by atoms with Gasteiger partial charge in [-0.25, -0.2) is 0 Å². The highest BCUT2D eigenvalue weighted by atomic mass is 16.3. The van der Waals surface area contributed by atoms with E-state index in [9.17, 15) is 5.11 Å². The number of phenolic OH excluding ortho intramolecular Hbond substituents is 1. The topological polar surface area (TPSA) is 32.3 Å². The van der Waals surface area contributed by atoms with Crippen LogP contribution in [0.5, 0.6) is 5.75 Å². The van der Waals surface area contributed by atoms with Crippen molar-refractivity contribution in [3.8, 4) is 5.75 Å². The molecular weight excluding hydrogens is 222 g/mol. The highest BCUT2D eigenvalue weighted by Gasteiger charge is 2.20. The number of hydrogen-bond donors (Lipinski definition) is 2. The van der Waals surface area contributed by atoms with Crippen LogP contribution >= 0.6 is 0 Å². The lowest BCUT2D eigenvalue weighted by atomic mass is 9.83. The molecule has 2 nitrogen and oxygen atoms in total. The highest BCUT2D eigenvalue weighted by molar-refractivity contribution is 5.53. The van der Waals surface area contributed by atoms with Crippen LogP contribution in [0.3, 0.4) is 0 Å². The third-order valence-electron chi connectivity index (χ3n) is 4.11. The molecule has 1 aromatic rings. The molecule has 2 rings (SSSR count). The van der Waals surface area contributed by atoms with Crippen molar-refractivity contribution in [2.45, 2.75) is 58.4 Å². The molecule has 1 aromatic carbocycles. The number of benzene rings is 1. The lowest BCUT2D eigenvalue weighted by molar-refractivity contribution is 0.319. The van der Waals surface area contributed by atoms with E-state index in [2.05, 4.69) is 12.2 Å². The van der Waals surface area contributed by atoms with Gasteiger partial charge in [0, 0.05) is 11.7 Å². The van der Waals surface area contributed by atoms with Crippen molar-refractivity contribution in [2.75, 3.05) is 5.32 Å². The Morgan fingerprint density at radius 1 is 1.22 bits per heavy atom. The summed E-state index contributed by atoms with van der Waals surface area (Å²) in [4.78, 5) is 0. The fourth-order valence-electron chi connectivity index (χ4n) is 3.03. The minimum absolute atomic E-state index is 0.352. The first-order chi connectivity index (χ1) is 8.69. The number of rotatable bonds is 4. The van der Waals surface area contributed by atoms with E-state index in [0.29, 0.717) is 11.8 Å². The number of aromatic hydroxyl groups is 1. The Labute approximate surface area is 110 Å². The molecular formula is C16H25NO. The van der Waals surface area contributed by atoms with Gasteiger partial charge in [0.25, 0.3) is 0 Å². The van der Waals surface area contributed by atoms with E-state index in [1.807, 2.05) is 19.1 Å². The van der Waals surface area contributed by atoms with Gasteiger partial charge in [-0.2, -0.15) is 0 Å². The van der Waals surface area contributed by atoms with Crippen LogP contribution in [0.25, 0.3) is 0 Å². The van der Waals surface area contributed by atoms with Crippen LogP contribution in [0, 0.1) is 12.8 Å². The summed E-state index contributed by atoms with van der Waals surface area (Å²) in [7, 11) is 0. The van der Waals surface area contributed by atoms with Crippen molar-refractivity contribution in [1.29, 1.82) is 0 Å². The zero-order valence-electron chi connectivity index (χ0n) is 11.6. The summed E-state index contributed by atoms with van der Waals surface area (Å²) in [6.45, 7) is 4.33. The molecule has 0 bridgehead atoms. The van der Waals surface area contributed by atoms with Crippen LogP contribution in [0.1, 0.15) is 51.0 Å². The van der Waals surface area contributed by atoms with E-state index < -0.39 is 0 Å². The first kappa shape index (κ1) is 13.3. The van der Waals surface area contributed by atoms with Gasteiger partial charge in [0.05, 0.1) is 0 Å². The molecule has 2 N–H and O–H groups in total. The Hall–Kier alpha value is -1.18. The lowest BCUT2D eigenvalue weighted by Crippen LogP contribution is -2.26. The van der Waals surface area contributed by atoms with E-state index in [4.69, 9.17) is 0 Å². The van der Waals surface area contributed by atoms with Crippen LogP contribution in [0.2, 0.25) is 0 Å². The minimum atomic E-state index is 0.352. The van der Waals surface area contributed by atoms with Gasteiger partial charge in [-0.15, -0.1) is 0 Å². The molecule has 100 valence electrons. The molecule has 0 spiro atoms. The predicted octanol–water partition coefficient (Wildman–Crippen LogP) is 4.47. The maximum atomic E-state index is 9.41. The molecule has 1 aliphatic rings. The summed E-state index contributed by atoms with van der Waals surface area (Å²) < 4.78 is 0. The number of anilines is 1. The Balaban J connectivity index is 1.87. The first-order valence-corrected chi connectivity index (χ1v) is 7.25. The van der Waals surface area contributed by atoms with Gasteiger partial charge in [0.15, 0.2) is 0 Å². The van der Waals surface area contributed by atoms with Crippen molar-refractivity contribution >= 4 is 5.69 Å². The molecule has 1 aliphatic carbocycles. The SMILES string of the molecule is CCCC1CCC(Nc2ccc(O)cc2C)CC1. The molecule has 0 heterocycles. The summed E-state index contributed by atoms with van der Waals surface area (Å²) in [6, 6.07) is 6.19. The van der Waals surface area contributed by atoms with E-state index in [-0.39, 0.29) is 0 Å². The molecule has 0 amide bonds. The summed E-state index contributed by atoms with van der Waals surface area (Å²) in [5.41, 5.74) is 2.30. The predicted molar refractivity (Wildman–Crippen MR) is 77.1 cm³/mol. The Morgan fingerprint density at radius 2 is 1.94 bits per heavy atom. The largest absolute Gasteiger partial charge is 0.508 e. The molecule has 0 saturated heterocycles. The summed E-state index contributed by atoms with van der Waals surface area (Å²) in [6.07, 6.45) is 8.01. The van der Waals surface area contributed by atoms with E-state index in [1.54, 1.807) is 6.07 Å². The van der Waals surface area contributed by atoms with Crippen molar-refractivity contribution in [1.82, 2.24) is 0 Å². The molecule has 0 atom stereocenters. The molecule has 18 heavy (non-hydrogen) atoms. The van der Waals surface area contributed by atoms with Gasteiger partial charge in [0.2, 0.25) is 0 Å². The fraction of sp³-hybridized carbons (Fsp3) is 0.625. The first-order valence-electron chi connectivity index (χ1n) is 7.25. The van der Waals surface area contributed by atoms with Gasteiger partial charge in [-0.05, 0) is 62.3 Å². The van der Waals surface area contributed by atoms with Gasteiger partial charge in [-0.3, -0.25) is 0 Å². The lowest BCUT2D eigenvalue weighted by Gasteiger charge is -2.30. The standard InChI is InChI=1S/C16H25NO/c1-3-4-13-5-7-14(8-6-13)17-16-10-9-15(18)11-12(16)2/h9-11,13-14,17-18H,3-8H2,1-2H3. The quantitative estimate of drug-likeness (QED) is 0.769. The zero-order valence-corrected chi connectivity index (χ0v) is 11.6. The van der Waals surface area contributed by atoms with Crippen molar-refractivity contribution in [2.24, 2.45) is 5.92 Å². The number of phenols is 1. The van der Waals surface area contributed by atoms with Gasteiger partial charge >= 0.3 is 0 Å². The second kappa shape index (κ2) is 6.12. The molecule has 0 aromatic heterocycles. The third-order valence-corrected chi connectivity index (χ3v) is 4.11. The Morgan fingerprint density at radius 3 is 2.56 bits per heavy atom. The Bertz CT molecular complexity index is 381. The van der Waals surface area contributed by atoms with Gasteiger partial charge < -0.3 is 10.4 Å².